The van der Waals surface area contributed by atoms with E-state index in [0.717, 1.165) is 17.5 Å². The summed E-state index contributed by atoms with van der Waals surface area (Å²) in [7, 11) is 1.63. The number of nitrogens with one attached hydrogen (secondary N) is 1. The predicted octanol–water partition coefficient (Wildman–Crippen LogP) is 4.10. The number of carbonyl (C=O) groups excluding carboxylic acids is 2. The van der Waals surface area contributed by atoms with Gasteiger partial charge in [0.2, 0.25) is 5.91 Å². The third kappa shape index (κ3) is 4.40. The Labute approximate surface area is 187 Å². The Morgan fingerprint density at radius 3 is 2.56 bits per heavy atom. The van der Waals surface area contributed by atoms with E-state index in [0.29, 0.717) is 37.1 Å². The van der Waals surface area contributed by atoms with Crippen molar-refractivity contribution in [3.05, 3.63) is 90.0 Å². The predicted molar refractivity (Wildman–Crippen MR) is 121 cm³/mol. The lowest BCUT2D eigenvalue weighted by Crippen LogP contribution is -2.54. The molecule has 2 aromatic carbocycles. The van der Waals surface area contributed by atoms with Gasteiger partial charge in [0.25, 0.3) is 5.91 Å². The number of piperidine rings is 1. The summed E-state index contributed by atoms with van der Waals surface area (Å²) < 4.78 is 14.1. The number of carbonyl (C=O) groups is 2. The molecule has 2 heterocycles. The molecule has 6 heteroatoms. The van der Waals surface area contributed by atoms with Crippen LogP contribution in [0.1, 0.15) is 28.8 Å². The van der Waals surface area contributed by atoms with Crippen molar-refractivity contribution in [1.29, 1.82) is 0 Å². The average molecular weight is 432 g/mol. The number of rotatable bonds is 5. The lowest BCUT2D eigenvalue weighted by Gasteiger charge is -2.41. The normalized spacial score (nSPS) is 18.2. The highest BCUT2D eigenvalue weighted by Gasteiger charge is 2.43. The molecule has 1 fully saturated rings. The Bertz CT molecular complexity index is 1100. The zero-order chi connectivity index (χ0) is 22.6. The van der Waals surface area contributed by atoms with Crippen LogP contribution < -0.4 is 5.32 Å². The zero-order valence-electron chi connectivity index (χ0n) is 18.1. The summed E-state index contributed by atoms with van der Waals surface area (Å²) in [6, 6.07) is 17.8. The molecular formula is C26H26FN3O2. The van der Waals surface area contributed by atoms with Crippen molar-refractivity contribution in [1.82, 2.24) is 15.2 Å². The van der Waals surface area contributed by atoms with E-state index in [-0.39, 0.29) is 17.6 Å². The summed E-state index contributed by atoms with van der Waals surface area (Å²) in [4.78, 5) is 31.8. The lowest BCUT2D eigenvalue weighted by molar-refractivity contribution is -0.133. The minimum absolute atomic E-state index is 0.0700. The Kier molecular flexibility index (Phi) is 6.30. The van der Waals surface area contributed by atoms with Crippen molar-refractivity contribution < 1.29 is 14.0 Å². The molecule has 5 nitrogen and oxygen atoms in total. The maximum atomic E-state index is 14.1. The first kappa shape index (κ1) is 21.7. The summed E-state index contributed by atoms with van der Waals surface area (Å²) in [5.74, 6) is -0.445. The number of hydrogen-bond donors (Lipinski definition) is 1. The maximum Gasteiger partial charge on any atom is 0.255 e. The topological polar surface area (TPSA) is 62.3 Å². The minimum Gasteiger partial charge on any atom is -0.359 e. The third-order valence-electron chi connectivity index (χ3n) is 6.16. The largest absolute Gasteiger partial charge is 0.359 e. The molecular weight excluding hydrogens is 405 g/mol. The standard InChI is InChI=1S/C26H26FN3O2/c1-28-25(32)26(13-5-15-30(18-26)24(31)21-6-4-14-29-17-21)16-19-9-11-20(12-10-19)22-7-2-3-8-23(22)27/h2-4,6-12,14,17H,5,13,15-16,18H2,1H3,(H,28,32)/t26-/m0/s1. The van der Waals surface area contributed by atoms with Crippen molar-refractivity contribution >= 4 is 11.8 Å². The van der Waals surface area contributed by atoms with Gasteiger partial charge in [0, 0.05) is 38.1 Å². The van der Waals surface area contributed by atoms with E-state index in [4.69, 9.17) is 0 Å². The Morgan fingerprint density at radius 1 is 1.09 bits per heavy atom. The van der Waals surface area contributed by atoms with Gasteiger partial charge in [-0.15, -0.1) is 0 Å². The third-order valence-corrected chi connectivity index (χ3v) is 6.16. The van der Waals surface area contributed by atoms with Crippen molar-refractivity contribution in [3.63, 3.8) is 0 Å². The molecule has 1 atom stereocenters. The van der Waals surface area contributed by atoms with E-state index >= 15 is 0 Å². The number of nitrogens with zero attached hydrogens (tertiary/aromatic N) is 2. The molecule has 1 saturated heterocycles. The molecule has 1 aliphatic rings. The Hall–Kier alpha value is -3.54. The van der Waals surface area contributed by atoms with Crippen LogP contribution in [-0.2, 0) is 11.2 Å². The second kappa shape index (κ2) is 9.30. The fourth-order valence-electron chi connectivity index (χ4n) is 4.54. The molecule has 0 radical (unpaired) electrons. The number of halogens is 1. The summed E-state index contributed by atoms with van der Waals surface area (Å²) in [6.07, 6.45) is 5.12. The summed E-state index contributed by atoms with van der Waals surface area (Å²) >= 11 is 0. The molecule has 1 aromatic heterocycles. The molecule has 32 heavy (non-hydrogen) atoms. The molecule has 1 aliphatic heterocycles. The van der Waals surface area contributed by atoms with Gasteiger partial charge >= 0.3 is 0 Å². The smallest absolute Gasteiger partial charge is 0.255 e. The van der Waals surface area contributed by atoms with Crippen LogP contribution >= 0.6 is 0 Å². The molecule has 0 saturated carbocycles. The molecule has 0 bridgehead atoms. The van der Waals surface area contributed by atoms with E-state index in [9.17, 15) is 14.0 Å². The maximum absolute atomic E-state index is 14.1. The monoisotopic (exact) mass is 431 g/mol. The molecule has 4 rings (SSSR count). The van der Waals surface area contributed by atoms with Crippen molar-refractivity contribution in [2.75, 3.05) is 20.1 Å². The molecule has 164 valence electrons. The summed E-state index contributed by atoms with van der Waals surface area (Å²) in [6.45, 7) is 0.953. The van der Waals surface area contributed by atoms with Crippen LogP contribution in [0.5, 0.6) is 0 Å². The fraction of sp³-hybridized carbons (Fsp3) is 0.269. The van der Waals surface area contributed by atoms with Crippen LogP contribution in [0.15, 0.2) is 73.1 Å². The zero-order valence-corrected chi connectivity index (χ0v) is 18.1. The highest BCUT2D eigenvalue weighted by atomic mass is 19.1. The molecule has 2 amide bonds. The quantitative estimate of drug-likeness (QED) is 0.662. The molecule has 0 aliphatic carbocycles. The van der Waals surface area contributed by atoms with Crippen LogP contribution in [-0.4, -0.2) is 41.8 Å². The second-order valence-corrected chi connectivity index (χ2v) is 8.28. The first-order valence-corrected chi connectivity index (χ1v) is 10.8. The van der Waals surface area contributed by atoms with Gasteiger partial charge in [-0.1, -0.05) is 42.5 Å². The van der Waals surface area contributed by atoms with Crippen LogP contribution in [0.4, 0.5) is 4.39 Å². The molecule has 1 N–H and O–H groups in total. The van der Waals surface area contributed by atoms with Gasteiger partial charge in [0.05, 0.1) is 11.0 Å². The highest BCUT2D eigenvalue weighted by Crippen LogP contribution is 2.35. The first-order valence-electron chi connectivity index (χ1n) is 10.8. The number of benzene rings is 2. The van der Waals surface area contributed by atoms with Gasteiger partial charge in [0.15, 0.2) is 0 Å². The minimum atomic E-state index is -0.718. The van der Waals surface area contributed by atoms with Gasteiger partial charge in [-0.3, -0.25) is 14.6 Å². The molecule has 3 aromatic rings. The van der Waals surface area contributed by atoms with E-state index in [1.807, 2.05) is 30.3 Å². The van der Waals surface area contributed by atoms with Crippen LogP contribution in [0.2, 0.25) is 0 Å². The van der Waals surface area contributed by atoms with Gasteiger partial charge in [-0.25, -0.2) is 4.39 Å². The SMILES string of the molecule is CNC(=O)[C@]1(Cc2ccc(-c3ccccc3F)cc2)CCCN(C(=O)c2cccnc2)C1. The highest BCUT2D eigenvalue weighted by molar-refractivity contribution is 5.94. The lowest BCUT2D eigenvalue weighted by atomic mass is 9.74. The van der Waals surface area contributed by atoms with Crippen molar-refractivity contribution in [3.8, 4) is 11.1 Å². The number of pyridine rings is 1. The summed E-state index contributed by atoms with van der Waals surface area (Å²) in [5, 5.41) is 2.80. The van der Waals surface area contributed by atoms with Crippen LogP contribution in [0, 0.1) is 11.2 Å². The van der Waals surface area contributed by atoms with Crippen molar-refractivity contribution in [2.24, 2.45) is 5.41 Å². The van der Waals surface area contributed by atoms with E-state index in [1.54, 1.807) is 48.6 Å². The van der Waals surface area contributed by atoms with E-state index in [1.165, 1.54) is 6.07 Å². The van der Waals surface area contributed by atoms with Crippen molar-refractivity contribution in [2.45, 2.75) is 19.3 Å². The number of hydrogen-bond acceptors (Lipinski definition) is 3. The first-order chi connectivity index (χ1) is 15.5. The average Bonchev–Trinajstić information content (AvgIpc) is 2.84. The van der Waals surface area contributed by atoms with E-state index in [2.05, 4.69) is 10.3 Å². The fourth-order valence-corrected chi connectivity index (χ4v) is 4.54. The van der Waals surface area contributed by atoms with Crippen LogP contribution in [0.3, 0.4) is 0 Å². The summed E-state index contributed by atoms with van der Waals surface area (Å²) in [5.41, 5.74) is 2.12. The van der Waals surface area contributed by atoms with Gasteiger partial charge < -0.3 is 10.2 Å². The van der Waals surface area contributed by atoms with Crippen LogP contribution in [0.25, 0.3) is 11.1 Å². The number of aromatic nitrogens is 1. The van der Waals surface area contributed by atoms with Gasteiger partial charge in [0.1, 0.15) is 5.82 Å². The Morgan fingerprint density at radius 2 is 1.88 bits per heavy atom. The number of amides is 2. The van der Waals surface area contributed by atoms with E-state index < -0.39 is 5.41 Å². The second-order valence-electron chi connectivity index (χ2n) is 8.28. The Balaban J connectivity index is 1.57. The molecule has 0 spiro atoms. The number of likely N-dealkylation sites (tertiary alicyclic amines) is 1. The molecule has 0 unspecified atom stereocenters. The van der Waals surface area contributed by atoms with Gasteiger partial charge in [-0.05, 0) is 48.6 Å². The van der Waals surface area contributed by atoms with Gasteiger partial charge in [-0.2, -0.15) is 0 Å².